The quantitative estimate of drug-likeness (QED) is 0.233. The zero-order chi connectivity index (χ0) is 28.1. The van der Waals surface area contributed by atoms with E-state index in [1.165, 1.54) is 0 Å². The van der Waals surface area contributed by atoms with Crippen molar-refractivity contribution in [2.75, 3.05) is 39.4 Å². The fourth-order valence-electron chi connectivity index (χ4n) is 5.34. The molecule has 1 atom stereocenters. The number of nitrogens with zero attached hydrogens (tertiary/aromatic N) is 2. The van der Waals surface area contributed by atoms with E-state index in [1.807, 2.05) is 68.4 Å². The summed E-state index contributed by atoms with van der Waals surface area (Å²) < 4.78 is 11.4. The molecule has 7 nitrogen and oxygen atoms in total. The SMILES string of the molecule is Cc1ccc([C@@H]2C(=C(O)c3ccc(OCc4ccccc4)c(C)c3)C(=O)C(=O)N2CCCN2CCOCC2)cc1. The Labute approximate surface area is 235 Å². The van der Waals surface area contributed by atoms with Gasteiger partial charge in [0, 0.05) is 31.7 Å². The molecule has 3 aromatic carbocycles. The molecule has 2 saturated heterocycles. The largest absolute Gasteiger partial charge is 0.507 e. The number of aliphatic hydroxyl groups excluding tert-OH is 1. The van der Waals surface area contributed by atoms with Crippen molar-refractivity contribution in [2.24, 2.45) is 0 Å². The molecule has 5 rings (SSSR count). The van der Waals surface area contributed by atoms with Gasteiger partial charge in [-0.1, -0.05) is 60.2 Å². The Morgan fingerprint density at radius 3 is 2.38 bits per heavy atom. The van der Waals surface area contributed by atoms with Crippen molar-refractivity contribution in [3.8, 4) is 5.75 Å². The van der Waals surface area contributed by atoms with Gasteiger partial charge in [-0.3, -0.25) is 14.5 Å². The standard InChI is InChI=1S/C33H36N2O5/c1-23-9-11-26(12-10-23)30-29(32(37)33(38)35(30)16-6-15-34-17-19-39-20-18-34)31(36)27-13-14-28(24(2)21-27)40-22-25-7-4-3-5-8-25/h3-5,7-14,21,30,36H,6,15-20,22H2,1-2H3/t30-/m1/s1. The number of amides is 1. The molecule has 2 aliphatic rings. The molecular weight excluding hydrogens is 504 g/mol. The molecule has 0 spiro atoms. The van der Waals surface area contributed by atoms with Gasteiger partial charge < -0.3 is 19.5 Å². The van der Waals surface area contributed by atoms with Gasteiger partial charge in [0.05, 0.1) is 24.8 Å². The fourth-order valence-corrected chi connectivity index (χ4v) is 5.34. The van der Waals surface area contributed by atoms with Gasteiger partial charge in [-0.15, -0.1) is 0 Å². The lowest BCUT2D eigenvalue weighted by Crippen LogP contribution is -2.38. The maximum Gasteiger partial charge on any atom is 0.295 e. The van der Waals surface area contributed by atoms with E-state index in [2.05, 4.69) is 4.90 Å². The Morgan fingerprint density at radius 1 is 0.950 bits per heavy atom. The summed E-state index contributed by atoms with van der Waals surface area (Å²) in [4.78, 5) is 30.6. The van der Waals surface area contributed by atoms with E-state index in [-0.39, 0.29) is 11.3 Å². The highest BCUT2D eigenvalue weighted by atomic mass is 16.5. The number of carbonyl (C=O) groups is 2. The molecule has 2 aliphatic heterocycles. The Balaban J connectivity index is 1.41. The highest BCUT2D eigenvalue weighted by Crippen LogP contribution is 2.40. The maximum atomic E-state index is 13.4. The van der Waals surface area contributed by atoms with Crippen LogP contribution in [0.1, 0.15) is 40.3 Å². The zero-order valence-electron chi connectivity index (χ0n) is 23.1. The molecule has 0 aliphatic carbocycles. The first-order valence-electron chi connectivity index (χ1n) is 13.8. The van der Waals surface area contributed by atoms with Crippen LogP contribution in [0.5, 0.6) is 5.75 Å². The van der Waals surface area contributed by atoms with Crippen molar-refractivity contribution in [1.82, 2.24) is 9.80 Å². The molecule has 40 heavy (non-hydrogen) atoms. The number of aryl methyl sites for hydroxylation is 2. The second-order valence-corrected chi connectivity index (χ2v) is 10.5. The number of benzene rings is 3. The first-order chi connectivity index (χ1) is 19.4. The number of ether oxygens (including phenoxy) is 2. The molecule has 1 amide bonds. The topological polar surface area (TPSA) is 79.3 Å². The number of rotatable bonds is 9. The fraction of sp³-hybridized carbons (Fsp3) is 0.333. The molecule has 7 heteroatoms. The van der Waals surface area contributed by atoms with Gasteiger partial charge in [-0.05, 0) is 55.2 Å². The number of carbonyl (C=O) groups excluding carboxylic acids is 2. The number of hydrogen-bond donors (Lipinski definition) is 1. The summed E-state index contributed by atoms with van der Waals surface area (Å²) >= 11 is 0. The molecule has 3 aromatic rings. The minimum absolute atomic E-state index is 0.123. The van der Waals surface area contributed by atoms with Crippen LogP contribution in [0, 0.1) is 13.8 Å². The highest BCUT2D eigenvalue weighted by Gasteiger charge is 2.45. The Morgan fingerprint density at radius 2 is 1.68 bits per heavy atom. The Hall–Kier alpha value is -3.94. The van der Waals surface area contributed by atoms with Crippen molar-refractivity contribution in [2.45, 2.75) is 32.9 Å². The van der Waals surface area contributed by atoms with Crippen LogP contribution in [0.3, 0.4) is 0 Å². The van der Waals surface area contributed by atoms with E-state index >= 15 is 0 Å². The van der Waals surface area contributed by atoms with E-state index in [0.717, 1.165) is 48.3 Å². The van der Waals surface area contributed by atoms with Gasteiger partial charge in [0.1, 0.15) is 18.1 Å². The first-order valence-corrected chi connectivity index (χ1v) is 13.8. The van der Waals surface area contributed by atoms with E-state index in [1.54, 1.807) is 23.1 Å². The van der Waals surface area contributed by atoms with Gasteiger partial charge in [-0.2, -0.15) is 0 Å². The molecule has 0 bridgehead atoms. The van der Waals surface area contributed by atoms with Gasteiger partial charge in [-0.25, -0.2) is 0 Å². The minimum Gasteiger partial charge on any atom is -0.507 e. The number of hydrogen-bond acceptors (Lipinski definition) is 6. The van der Waals surface area contributed by atoms with Crippen LogP contribution in [-0.4, -0.2) is 66.0 Å². The molecular formula is C33H36N2O5. The summed E-state index contributed by atoms with van der Waals surface area (Å²) in [6, 6.07) is 22.4. The normalized spacial score (nSPS) is 19.2. The number of Topliss-reactive ketones (excluding diaryl/α,β-unsaturated/α-hetero) is 1. The van der Waals surface area contributed by atoms with Crippen LogP contribution in [0.15, 0.2) is 78.4 Å². The van der Waals surface area contributed by atoms with E-state index in [0.29, 0.717) is 37.7 Å². The van der Waals surface area contributed by atoms with Crippen molar-refractivity contribution in [3.63, 3.8) is 0 Å². The lowest BCUT2D eigenvalue weighted by Gasteiger charge is -2.29. The number of ketones is 1. The maximum absolute atomic E-state index is 13.4. The summed E-state index contributed by atoms with van der Waals surface area (Å²) in [7, 11) is 0. The smallest absolute Gasteiger partial charge is 0.295 e. The van der Waals surface area contributed by atoms with Crippen molar-refractivity contribution in [1.29, 1.82) is 0 Å². The van der Waals surface area contributed by atoms with E-state index in [4.69, 9.17) is 9.47 Å². The van der Waals surface area contributed by atoms with Crippen LogP contribution >= 0.6 is 0 Å². The first kappa shape index (κ1) is 27.6. The van der Waals surface area contributed by atoms with Crippen LogP contribution in [0.4, 0.5) is 0 Å². The number of morpholine rings is 1. The molecule has 0 radical (unpaired) electrons. The van der Waals surface area contributed by atoms with Crippen LogP contribution in [0.2, 0.25) is 0 Å². The van der Waals surface area contributed by atoms with Crippen LogP contribution in [-0.2, 0) is 20.9 Å². The molecule has 0 unspecified atom stereocenters. The summed E-state index contributed by atoms with van der Waals surface area (Å²) in [5.74, 6) is -0.707. The van der Waals surface area contributed by atoms with Crippen molar-refractivity contribution >= 4 is 17.4 Å². The monoisotopic (exact) mass is 540 g/mol. The van der Waals surface area contributed by atoms with Crippen molar-refractivity contribution in [3.05, 3.63) is 106 Å². The average molecular weight is 541 g/mol. The lowest BCUT2D eigenvalue weighted by atomic mass is 9.94. The molecule has 2 heterocycles. The minimum atomic E-state index is -0.656. The summed E-state index contributed by atoms with van der Waals surface area (Å²) in [6.07, 6.45) is 0.724. The summed E-state index contributed by atoms with van der Waals surface area (Å²) in [5.41, 5.74) is 4.37. The van der Waals surface area contributed by atoms with Gasteiger partial charge in [0.15, 0.2) is 0 Å². The van der Waals surface area contributed by atoms with Crippen LogP contribution < -0.4 is 4.74 Å². The van der Waals surface area contributed by atoms with Gasteiger partial charge >= 0.3 is 0 Å². The Bertz CT molecular complexity index is 1380. The highest BCUT2D eigenvalue weighted by molar-refractivity contribution is 6.46. The summed E-state index contributed by atoms with van der Waals surface area (Å²) in [5, 5.41) is 11.5. The number of aliphatic hydroxyl groups is 1. The van der Waals surface area contributed by atoms with Crippen LogP contribution in [0.25, 0.3) is 5.76 Å². The molecule has 0 aromatic heterocycles. The third-order valence-electron chi connectivity index (χ3n) is 7.60. The zero-order valence-corrected chi connectivity index (χ0v) is 23.1. The van der Waals surface area contributed by atoms with E-state index in [9.17, 15) is 14.7 Å². The summed E-state index contributed by atoms with van der Waals surface area (Å²) in [6.45, 7) is 8.71. The second kappa shape index (κ2) is 12.5. The predicted octanol–water partition coefficient (Wildman–Crippen LogP) is 5.03. The second-order valence-electron chi connectivity index (χ2n) is 10.5. The predicted molar refractivity (Wildman–Crippen MR) is 154 cm³/mol. The van der Waals surface area contributed by atoms with Crippen molar-refractivity contribution < 1.29 is 24.2 Å². The third-order valence-corrected chi connectivity index (χ3v) is 7.60. The molecule has 2 fully saturated rings. The van der Waals surface area contributed by atoms with Gasteiger partial charge in [0.25, 0.3) is 11.7 Å². The third kappa shape index (κ3) is 6.11. The molecule has 208 valence electrons. The average Bonchev–Trinajstić information content (AvgIpc) is 3.22. The van der Waals surface area contributed by atoms with E-state index < -0.39 is 17.7 Å². The molecule has 1 N–H and O–H groups in total. The Kier molecular flexibility index (Phi) is 8.63. The van der Waals surface area contributed by atoms with Gasteiger partial charge in [0.2, 0.25) is 0 Å². The number of likely N-dealkylation sites (tertiary alicyclic amines) is 1. The molecule has 0 saturated carbocycles. The lowest BCUT2D eigenvalue weighted by molar-refractivity contribution is -0.140.